The number of nitrogens with one attached hydrogen (secondary N) is 1. The predicted molar refractivity (Wildman–Crippen MR) is 65.3 cm³/mol. The van der Waals surface area contributed by atoms with Crippen LogP contribution >= 0.6 is 0 Å². The van der Waals surface area contributed by atoms with Crippen molar-refractivity contribution in [2.24, 2.45) is 10.9 Å². The van der Waals surface area contributed by atoms with Gasteiger partial charge in [0, 0.05) is 19.0 Å². The summed E-state index contributed by atoms with van der Waals surface area (Å²) in [5.74, 6) is 2.14. The Hall–Kier alpha value is -0.530. The molecule has 0 amide bonds. The summed E-state index contributed by atoms with van der Waals surface area (Å²) >= 11 is 0. The molecule has 0 aromatic heterocycles. The van der Waals surface area contributed by atoms with E-state index in [2.05, 4.69) is 17.2 Å². The van der Waals surface area contributed by atoms with Gasteiger partial charge in [0.1, 0.15) is 0 Å². The van der Waals surface area contributed by atoms with Crippen LogP contribution in [-0.4, -0.2) is 18.4 Å². The van der Waals surface area contributed by atoms with E-state index in [1.165, 1.54) is 57.2 Å². The first-order valence-electron chi connectivity index (χ1n) is 6.66. The minimum atomic E-state index is 0.704. The van der Waals surface area contributed by atoms with E-state index < -0.39 is 0 Å². The summed E-state index contributed by atoms with van der Waals surface area (Å²) in [5, 5.41) is 3.70. The molecule has 0 aromatic carbocycles. The third-order valence-corrected chi connectivity index (χ3v) is 3.84. The molecule has 2 nitrogen and oxygen atoms in total. The van der Waals surface area contributed by atoms with Gasteiger partial charge in [0.05, 0.1) is 5.84 Å². The van der Waals surface area contributed by atoms with Gasteiger partial charge in [-0.3, -0.25) is 4.99 Å². The summed E-state index contributed by atoms with van der Waals surface area (Å²) < 4.78 is 0. The summed E-state index contributed by atoms with van der Waals surface area (Å²) in [6.45, 7) is 3.43. The second-order valence-electron chi connectivity index (χ2n) is 5.15. The van der Waals surface area contributed by atoms with Crippen molar-refractivity contribution in [2.75, 3.05) is 6.54 Å². The molecule has 2 atom stereocenters. The van der Waals surface area contributed by atoms with Crippen LogP contribution in [0, 0.1) is 5.92 Å². The lowest BCUT2D eigenvalue weighted by Gasteiger charge is -2.30. The second kappa shape index (κ2) is 5.53. The van der Waals surface area contributed by atoms with Gasteiger partial charge in [-0.1, -0.05) is 26.2 Å². The SMILES string of the molecule is CC1CCCCC1NC1=NCCCCC1. The Bertz CT molecular complexity index is 223. The van der Waals surface area contributed by atoms with E-state index in [-0.39, 0.29) is 0 Å². The van der Waals surface area contributed by atoms with Crippen molar-refractivity contribution in [2.45, 2.75) is 64.3 Å². The summed E-state index contributed by atoms with van der Waals surface area (Å²) in [7, 11) is 0. The first kappa shape index (κ1) is 11.0. The van der Waals surface area contributed by atoms with E-state index in [4.69, 9.17) is 0 Å². The lowest BCUT2D eigenvalue weighted by Crippen LogP contribution is -2.41. The number of aliphatic imine (C=N–C) groups is 1. The van der Waals surface area contributed by atoms with Crippen molar-refractivity contribution in [3.05, 3.63) is 0 Å². The maximum Gasteiger partial charge on any atom is 0.0965 e. The number of rotatable bonds is 1. The molecule has 1 heterocycles. The zero-order chi connectivity index (χ0) is 10.5. The third kappa shape index (κ3) is 3.22. The highest BCUT2D eigenvalue weighted by Crippen LogP contribution is 2.24. The fourth-order valence-electron chi connectivity index (χ4n) is 2.74. The Morgan fingerprint density at radius 2 is 1.93 bits per heavy atom. The molecule has 0 bridgehead atoms. The monoisotopic (exact) mass is 208 g/mol. The lowest BCUT2D eigenvalue weighted by molar-refractivity contribution is 0.307. The fourth-order valence-corrected chi connectivity index (χ4v) is 2.74. The fraction of sp³-hybridized carbons (Fsp3) is 0.923. The van der Waals surface area contributed by atoms with Gasteiger partial charge in [-0.15, -0.1) is 0 Å². The Balaban J connectivity index is 1.85. The predicted octanol–water partition coefficient (Wildman–Crippen LogP) is 3.13. The molecule has 1 saturated carbocycles. The average Bonchev–Trinajstić information content (AvgIpc) is 2.50. The van der Waals surface area contributed by atoms with E-state index in [1.807, 2.05) is 0 Å². The average molecular weight is 208 g/mol. The molecule has 2 unspecified atom stereocenters. The van der Waals surface area contributed by atoms with Crippen LogP contribution in [0.5, 0.6) is 0 Å². The first-order valence-corrected chi connectivity index (χ1v) is 6.66. The van der Waals surface area contributed by atoms with Gasteiger partial charge in [0.15, 0.2) is 0 Å². The molecule has 0 radical (unpaired) electrons. The smallest absolute Gasteiger partial charge is 0.0965 e. The van der Waals surface area contributed by atoms with E-state index in [0.29, 0.717) is 6.04 Å². The van der Waals surface area contributed by atoms with E-state index >= 15 is 0 Å². The lowest BCUT2D eigenvalue weighted by atomic mass is 9.86. The molecule has 1 N–H and O–H groups in total. The maximum atomic E-state index is 4.66. The standard InChI is InChI=1S/C13H24N2/c1-11-7-4-5-8-12(11)15-13-9-3-2-6-10-14-13/h11-12H,2-10H2,1H3,(H,14,15). The normalized spacial score (nSPS) is 33.0. The summed E-state index contributed by atoms with van der Waals surface area (Å²) in [5.41, 5.74) is 0. The highest BCUT2D eigenvalue weighted by atomic mass is 15.0. The number of hydrogen-bond acceptors (Lipinski definition) is 2. The summed E-state index contributed by atoms with van der Waals surface area (Å²) in [6.07, 6.45) is 10.7. The van der Waals surface area contributed by atoms with Crippen molar-refractivity contribution in [1.82, 2.24) is 5.32 Å². The Morgan fingerprint density at radius 1 is 1.07 bits per heavy atom. The zero-order valence-electron chi connectivity index (χ0n) is 9.97. The van der Waals surface area contributed by atoms with Crippen molar-refractivity contribution in [1.29, 1.82) is 0 Å². The van der Waals surface area contributed by atoms with Crippen molar-refractivity contribution in [3.8, 4) is 0 Å². The Kier molecular flexibility index (Phi) is 4.04. The first-order chi connectivity index (χ1) is 7.36. The van der Waals surface area contributed by atoms with Gasteiger partial charge in [0.25, 0.3) is 0 Å². The van der Waals surface area contributed by atoms with Crippen LogP contribution in [0.15, 0.2) is 4.99 Å². The molecule has 1 fully saturated rings. The Labute approximate surface area is 93.6 Å². The molecular formula is C13H24N2. The van der Waals surface area contributed by atoms with Gasteiger partial charge in [0.2, 0.25) is 0 Å². The van der Waals surface area contributed by atoms with Crippen molar-refractivity contribution >= 4 is 5.84 Å². The van der Waals surface area contributed by atoms with Crippen LogP contribution in [0.25, 0.3) is 0 Å². The van der Waals surface area contributed by atoms with Gasteiger partial charge in [-0.25, -0.2) is 0 Å². The number of amidine groups is 1. The van der Waals surface area contributed by atoms with Crippen LogP contribution < -0.4 is 5.32 Å². The van der Waals surface area contributed by atoms with Gasteiger partial charge < -0.3 is 5.32 Å². The van der Waals surface area contributed by atoms with Crippen molar-refractivity contribution in [3.63, 3.8) is 0 Å². The van der Waals surface area contributed by atoms with E-state index in [0.717, 1.165) is 12.5 Å². The highest BCUT2D eigenvalue weighted by molar-refractivity contribution is 5.82. The number of hydrogen-bond donors (Lipinski definition) is 1. The molecule has 0 saturated heterocycles. The van der Waals surface area contributed by atoms with Crippen LogP contribution in [0.1, 0.15) is 58.3 Å². The maximum absolute atomic E-state index is 4.66. The quantitative estimate of drug-likeness (QED) is 0.703. The molecule has 2 aliphatic rings. The van der Waals surface area contributed by atoms with Crippen LogP contribution in [0.4, 0.5) is 0 Å². The molecule has 15 heavy (non-hydrogen) atoms. The molecule has 2 heteroatoms. The minimum absolute atomic E-state index is 0.704. The summed E-state index contributed by atoms with van der Waals surface area (Å²) in [4.78, 5) is 4.66. The molecule has 0 aromatic rings. The zero-order valence-corrected chi connectivity index (χ0v) is 9.97. The minimum Gasteiger partial charge on any atom is -0.371 e. The van der Waals surface area contributed by atoms with E-state index in [9.17, 15) is 0 Å². The molecule has 0 spiro atoms. The summed E-state index contributed by atoms with van der Waals surface area (Å²) in [6, 6.07) is 0.704. The highest BCUT2D eigenvalue weighted by Gasteiger charge is 2.21. The molecule has 2 rings (SSSR count). The van der Waals surface area contributed by atoms with Gasteiger partial charge in [-0.2, -0.15) is 0 Å². The third-order valence-electron chi connectivity index (χ3n) is 3.84. The Morgan fingerprint density at radius 3 is 2.80 bits per heavy atom. The van der Waals surface area contributed by atoms with E-state index in [1.54, 1.807) is 0 Å². The molecule has 1 aliphatic carbocycles. The molecule has 86 valence electrons. The topological polar surface area (TPSA) is 24.4 Å². The van der Waals surface area contributed by atoms with Crippen LogP contribution in [-0.2, 0) is 0 Å². The molecular weight excluding hydrogens is 184 g/mol. The largest absolute Gasteiger partial charge is 0.371 e. The van der Waals surface area contributed by atoms with Crippen molar-refractivity contribution < 1.29 is 0 Å². The van der Waals surface area contributed by atoms with Gasteiger partial charge in [-0.05, 0) is 31.6 Å². The molecule has 1 aliphatic heterocycles. The van der Waals surface area contributed by atoms with Gasteiger partial charge >= 0.3 is 0 Å². The number of nitrogens with zero attached hydrogens (tertiary/aromatic N) is 1. The van der Waals surface area contributed by atoms with Crippen LogP contribution in [0.2, 0.25) is 0 Å². The van der Waals surface area contributed by atoms with Crippen LogP contribution in [0.3, 0.4) is 0 Å². The second-order valence-corrected chi connectivity index (χ2v) is 5.15.